The first kappa shape index (κ1) is 37.1. The van der Waals surface area contributed by atoms with Crippen molar-refractivity contribution >= 4 is 11.6 Å². The first-order chi connectivity index (χ1) is 20.3. The third-order valence-electron chi connectivity index (χ3n) is 10.1. The van der Waals surface area contributed by atoms with Gasteiger partial charge in [-0.2, -0.15) is 0 Å². The molecule has 2 aliphatic carbocycles. The molecule has 0 heterocycles. The van der Waals surface area contributed by atoms with Crippen LogP contribution in [0.1, 0.15) is 94.9 Å². The van der Waals surface area contributed by atoms with Crippen molar-refractivity contribution < 1.29 is 19.8 Å². The number of hydrogen-bond acceptors (Lipinski definition) is 4. The molecule has 44 heavy (non-hydrogen) atoms. The third kappa shape index (κ3) is 9.71. The normalized spacial score (nSPS) is 30.3. The number of carbonyl (C=O) groups is 2. The van der Waals surface area contributed by atoms with Gasteiger partial charge in [0.05, 0.1) is 12.2 Å². The van der Waals surface area contributed by atoms with Gasteiger partial charge in [-0.05, 0) is 76.4 Å². The Bertz CT molecular complexity index is 1230. The van der Waals surface area contributed by atoms with Gasteiger partial charge in [0.2, 0.25) is 0 Å². The van der Waals surface area contributed by atoms with Crippen LogP contribution in [0.4, 0.5) is 0 Å². The van der Waals surface area contributed by atoms with E-state index < -0.39 is 23.0 Å². The Balaban J connectivity index is 1.87. The van der Waals surface area contributed by atoms with Crippen molar-refractivity contribution in [1.29, 1.82) is 0 Å². The Kier molecular flexibility index (Phi) is 12.9. The van der Waals surface area contributed by atoms with Gasteiger partial charge in [-0.1, -0.05) is 137 Å². The molecule has 0 bridgehead atoms. The molecule has 0 radical (unpaired) electrons. The van der Waals surface area contributed by atoms with Gasteiger partial charge >= 0.3 is 0 Å². The van der Waals surface area contributed by atoms with Crippen LogP contribution in [0.2, 0.25) is 0 Å². The smallest absolute Gasteiger partial charge is 0.162 e. The molecular formula is C40H56O4. The monoisotopic (exact) mass is 600 g/mol. The molecule has 4 nitrogen and oxygen atoms in total. The van der Waals surface area contributed by atoms with Gasteiger partial charge < -0.3 is 10.2 Å². The molecule has 0 aromatic rings. The van der Waals surface area contributed by atoms with E-state index in [0.29, 0.717) is 25.7 Å². The van der Waals surface area contributed by atoms with Crippen LogP contribution in [0, 0.1) is 21.7 Å². The summed E-state index contributed by atoms with van der Waals surface area (Å²) in [6.45, 7) is 20.2. The first-order valence-electron chi connectivity index (χ1n) is 15.9. The highest BCUT2D eigenvalue weighted by Gasteiger charge is 2.53. The van der Waals surface area contributed by atoms with E-state index in [1.54, 1.807) is 12.2 Å². The summed E-state index contributed by atoms with van der Waals surface area (Å²) in [4.78, 5) is 25.9. The Morgan fingerprint density at radius 3 is 1.07 bits per heavy atom. The SMILES string of the molecule is CC(C=CC=C(C)C=CC(=O)[C@]1(C)C[C@@H](O)CC1(C)C)=CC=CC=C(C)C=CC=C(C)C=CC(=O)[C@]1(C)C[C@@H](O)CC1(C)C. The quantitative estimate of drug-likeness (QED) is 0.173. The molecule has 0 aromatic heterocycles. The minimum atomic E-state index is -0.542. The van der Waals surface area contributed by atoms with Gasteiger partial charge in [0.15, 0.2) is 11.6 Å². The molecule has 2 saturated carbocycles. The molecule has 0 amide bonds. The number of allylic oxidation sites excluding steroid dienone is 18. The predicted octanol–water partition coefficient (Wildman–Crippen LogP) is 9.07. The minimum Gasteiger partial charge on any atom is -0.393 e. The van der Waals surface area contributed by atoms with E-state index in [-0.39, 0.29) is 22.4 Å². The summed E-state index contributed by atoms with van der Waals surface area (Å²) in [6, 6.07) is 0. The van der Waals surface area contributed by atoms with Crippen LogP contribution in [-0.4, -0.2) is 34.0 Å². The lowest BCUT2D eigenvalue weighted by Gasteiger charge is -2.35. The maximum Gasteiger partial charge on any atom is 0.162 e. The summed E-state index contributed by atoms with van der Waals surface area (Å²) < 4.78 is 0. The third-order valence-corrected chi connectivity index (χ3v) is 10.1. The molecular weight excluding hydrogens is 544 g/mol. The molecule has 0 aromatic carbocycles. The van der Waals surface area contributed by atoms with Crippen LogP contribution >= 0.6 is 0 Å². The fourth-order valence-electron chi connectivity index (χ4n) is 6.26. The standard InChI is InChI=1S/C40H56O4/c1-29(17-13-19-31(3)21-23-35(43)39(9)27-33(41)25-37(39,5)6)15-11-12-16-30(2)18-14-20-32(4)22-24-36(44)40(10)28-34(42)26-38(40,7)8/h11-24,33-34,41-42H,25-28H2,1-10H3/t33-,34-,39-,40-/m0/s1. The molecule has 4 heteroatoms. The van der Waals surface area contributed by atoms with E-state index >= 15 is 0 Å². The van der Waals surface area contributed by atoms with E-state index in [1.165, 1.54) is 0 Å². The van der Waals surface area contributed by atoms with E-state index in [9.17, 15) is 19.8 Å². The second kappa shape index (κ2) is 15.3. The maximum absolute atomic E-state index is 12.9. The average molecular weight is 601 g/mol. The van der Waals surface area contributed by atoms with Crippen LogP contribution in [0.15, 0.2) is 107 Å². The minimum absolute atomic E-state index is 0.0742. The Morgan fingerprint density at radius 2 is 0.773 bits per heavy atom. The summed E-state index contributed by atoms with van der Waals surface area (Å²) in [7, 11) is 0. The highest BCUT2D eigenvalue weighted by Crippen LogP contribution is 2.54. The molecule has 0 spiro atoms. The second-order valence-electron chi connectivity index (χ2n) is 14.7. The van der Waals surface area contributed by atoms with E-state index in [0.717, 1.165) is 22.3 Å². The highest BCUT2D eigenvalue weighted by atomic mass is 16.3. The Hall–Kier alpha value is -3.08. The summed E-state index contributed by atoms with van der Waals surface area (Å²) in [5.41, 5.74) is 2.65. The zero-order valence-corrected chi connectivity index (χ0v) is 28.8. The molecule has 2 fully saturated rings. The van der Waals surface area contributed by atoms with E-state index in [4.69, 9.17) is 0 Å². The molecule has 0 unspecified atom stereocenters. The van der Waals surface area contributed by atoms with Crippen molar-refractivity contribution in [3.8, 4) is 0 Å². The molecule has 2 N–H and O–H groups in total. The first-order valence-corrected chi connectivity index (χ1v) is 15.9. The maximum atomic E-state index is 12.9. The van der Waals surface area contributed by atoms with Crippen LogP contribution in [0.25, 0.3) is 0 Å². The van der Waals surface area contributed by atoms with Crippen LogP contribution in [0.3, 0.4) is 0 Å². The van der Waals surface area contributed by atoms with Crippen molar-refractivity contribution in [2.75, 3.05) is 0 Å². The summed E-state index contributed by atoms with van der Waals surface area (Å²) in [6.07, 6.45) is 28.6. The largest absolute Gasteiger partial charge is 0.393 e. The van der Waals surface area contributed by atoms with Gasteiger partial charge in [-0.3, -0.25) is 9.59 Å². The number of carbonyl (C=O) groups excluding carboxylic acids is 2. The fourth-order valence-corrected chi connectivity index (χ4v) is 6.26. The zero-order valence-electron chi connectivity index (χ0n) is 28.8. The lowest BCUT2D eigenvalue weighted by molar-refractivity contribution is -0.128. The van der Waals surface area contributed by atoms with Crippen LogP contribution in [-0.2, 0) is 9.59 Å². The van der Waals surface area contributed by atoms with Gasteiger partial charge in [0.1, 0.15) is 0 Å². The van der Waals surface area contributed by atoms with E-state index in [2.05, 4.69) is 27.7 Å². The molecule has 240 valence electrons. The van der Waals surface area contributed by atoms with Crippen LogP contribution in [0.5, 0.6) is 0 Å². The molecule has 2 aliphatic rings. The average Bonchev–Trinajstić information content (AvgIpc) is 3.27. The summed E-state index contributed by atoms with van der Waals surface area (Å²) in [5, 5.41) is 20.2. The molecule has 0 aliphatic heterocycles. The van der Waals surface area contributed by atoms with Crippen LogP contribution < -0.4 is 0 Å². The predicted molar refractivity (Wildman–Crippen MR) is 185 cm³/mol. The second-order valence-corrected chi connectivity index (χ2v) is 14.7. The molecule has 2 rings (SSSR count). The zero-order chi connectivity index (χ0) is 33.3. The number of rotatable bonds is 12. The van der Waals surface area contributed by atoms with Crippen molar-refractivity contribution in [3.63, 3.8) is 0 Å². The van der Waals surface area contributed by atoms with E-state index in [1.807, 2.05) is 114 Å². The van der Waals surface area contributed by atoms with Gasteiger partial charge in [-0.25, -0.2) is 0 Å². The fraction of sp³-hybridized carbons (Fsp3) is 0.500. The lowest BCUT2D eigenvalue weighted by Crippen LogP contribution is -2.36. The number of aliphatic hydroxyl groups is 2. The number of aliphatic hydroxyl groups excluding tert-OH is 2. The lowest BCUT2D eigenvalue weighted by atomic mass is 9.66. The Labute approximate surface area is 267 Å². The molecule has 4 atom stereocenters. The topological polar surface area (TPSA) is 74.6 Å². The van der Waals surface area contributed by atoms with Crippen molar-refractivity contribution in [2.24, 2.45) is 21.7 Å². The Morgan fingerprint density at radius 1 is 0.477 bits per heavy atom. The van der Waals surface area contributed by atoms with Crippen molar-refractivity contribution in [2.45, 2.75) is 107 Å². The number of hydrogen-bond donors (Lipinski definition) is 2. The van der Waals surface area contributed by atoms with Gasteiger partial charge in [0, 0.05) is 10.8 Å². The van der Waals surface area contributed by atoms with Crippen molar-refractivity contribution in [3.05, 3.63) is 107 Å². The highest BCUT2D eigenvalue weighted by molar-refractivity contribution is 5.96. The summed E-state index contributed by atoms with van der Waals surface area (Å²) in [5.74, 6) is 0.148. The number of ketones is 2. The van der Waals surface area contributed by atoms with Crippen molar-refractivity contribution in [1.82, 2.24) is 0 Å². The molecule has 0 saturated heterocycles. The van der Waals surface area contributed by atoms with Gasteiger partial charge in [-0.15, -0.1) is 0 Å². The summed E-state index contributed by atoms with van der Waals surface area (Å²) >= 11 is 0. The van der Waals surface area contributed by atoms with Gasteiger partial charge in [0.25, 0.3) is 0 Å².